The highest BCUT2D eigenvalue weighted by atomic mass is 32.2. The van der Waals surface area contributed by atoms with Crippen LogP contribution in [-0.4, -0.2) is 52.4 Å². The van der Waals surface area contributed by atoms with Crippen molar-refractivity contribution >= 4 is 27.5 Å². The van der Waals surface area contributed by atoms with Crippen molar-refractivity contribution in [1.29, 1.82) is 0 Å². The van der Waals surface area contributed by atoms with Crippen molar-refractivity contribution in [3.8, 4) is 0 Å². The lowest BCUT2D eigenvalue weighted by Crippen LogP contribution is -2.39. The molecular weight excluding hydrogens is 382 g/mol. The highest BCUT2D eigenvalue weighted by Gasteiger charge is 2.32. The molecule has 2 aliphatic rings. The molecule has 1 aromatic carbocycles. The van der Waals surface area contributed by atoms with Crippen LogP contribution < -0.4 is 4.90 Å². The fourth-order valence-electron chi connectivity index (χ4n) is 3.70. The molecule has 0 spiro atoms. The quantitative estimate of drug-likeness (QED) is 0.691. The van der Waals surface area contributed by atoms with E-state index in [0.29, 0.717) is 24.7 Å². The molecule has 0 radical (unpaired) electrons. The maximum Gasteiger partial charge on any atom is 0.243 e. The fourth-order valence-corrected chi connectivity index (χ4v) is 5.17. The number of anilines is 1. The first-order valence-electron chi connectivity index (χ1n) is 9.23. The first kappa shape index (κ1) is 18.8. The molecule has 0 aliphatic carbocycles. The number of hydrogen-bond acceptors (Lipinski definition) is 6. The largest absolute Gasteiger partial charge is 0.274 e. The van der Waals surface area contributed by atoms with Crippen LogP contribution in [0.25, 0.3) is 0 Å². The summed E-state index contributed by atoms with van der Waals surface area (Å²) in [6, 6.07) is 5.97. The van der Waals surface area contributed by atoms with Gasteiger partial charge >= 0.3 is 0 Å². The molecule has 1 aromatic heterocycles. The van der Waals surface area contributed by atoms with Crippen LogP contribution in [0.5, 0.6) is 0 Å². The summed E-state index contributed by atoms with van der Waals surface area (Å²) >= 11 is 0. The average Bonchev–Trinajstić information content (AvgIpc) is 3.32. The summed E-state index contributed by atoms with van der Waals surface area (Å²) in [5.74, 6) is -0.146. The Kier molecular flexibility index (Phi) is 4.98. The van der Waals surface area contributed by atoms with Gasteiger partial charge in [0.15, 0.2) is 0 Å². The number of nitrogens with zero attached hydrogens (tertiary/aromatic N) is 5. The molecular formula is C18H21N5O4S. The Morgan fingerprint density at radius 2 is 1.64 bits per heavy atom. The Balaban J connectivity index is 1.42. The third kappa shape index (κ3) is 3.57. The molecule has 0 N–H and O–H groups in total. The van der Waals surface area contributed by atoms with Gasteiger partial charge in [-0.3, -0.25) is 19.2 Å². The van der Waals surface area contributed by atoms with Gasteiger partial charge in [0.05, 0.1) is 10.6 Å². The molecule has 0 unspecified atom stereocenters. The van der Waals surface area contributed by atoms with E-state index in [2.05, 4.69) is 10.1 Å². The van der Waals surface area contributed by atoms with E-state index in [9.17, 15) is 18.0 Å². The van der Waals surface area contributed by atoms with Crippen molar-refractivity contribution in [3.05, 3.63) is 36.9 Å². The third-order valence-electron chi connectivity index (χ3n) is 5.27. The van der Waals surface area contributed by atoms with Crippen molar-refractivity contribution in [2.75, 3.05) is 18.0 Å². The summed E-state index contributed by atoms with van der Waals surface area (Å²) in [5, 5.41) is 4.10. The van der Waals surface area contributed by atoms with Crippen molar-refractivity contribution in [3.63, 3.8) is 0 Å². The summed E-state index contributed by atoms with van der Waals surface area (Å²) in [5.41, 5.74) is 0.415. The Morgan fingerprint density at radius 1 is 1.00 bits per heavy atom. The van der Waals surface area contributed by atoms with Gasteiger partial charge < -0.3 is 0 Å². The lowest BCUT2D eigenvalue weighted by Gasteiger charge is -2.31. The van der Waals surface area contributed by atoms with Crippen LogP contribution in [-0.2, 0) is 26.2 Å². The van der Waals surface area contributed by atoms with Crippen LogP contribution in [0.2, 0.25) is 0 Å². The Bertz CT molecular complexity index is 948. The molecule has 2 fully saturated rings. The van der Waals surface area contributed by atoms with Crippen molar-refractivity contribution in [2.24, 2.45) is 5.92 Å². The first-order chi connectivity index (χ1) is 13.4. The molecule has 2 saturated heterocycles. The van der Waals surface area contributed by atoms with Crippen LogP contribution in [0.4, 0.5) is 5.69 Å². The highest BCUT2D eigenvalue weighted by Crippen LogP contribution is 2.27. The summed E-state index contributed by atoms with van der Waals surface area (Å²) in [6.07, 6.45) is 5.07. The highest BCUT2D eigenvalue weighted by molar-refractivity contribution is 7.89. The first-order valence-corrected chi connectivity index (χ1v) is 10.7. The van der Waals surface area contributed by atoms with Crippen molar-refractivity contribution < 1.29 is 18.0 Å². The zero-order valence-electron chi connectivity index (χ0n) is 15.3. The smallest absolute Gasteiger partial charge is 0.243 e. The van der Waals surface area contributed by atoms with Gasteiger partial charge in [0.2, 0.25) is 21.8 Å². The number of amides is 2. The van der Waals surface area contributed by atoms with Gasteiger partial charge in [0.25, 0.3) is 0 Å². The second kappa shape index (κ2) is 7.44. The molecule has 0 bridgehead atoms. The van der Waals surface area contributed by atoms with Crippen LogP contribution in [0.3, 0.4) is 0 Å². The molecule has 148 valence electrons. The number of aromatic nitrogens is 3. The maximum atomic E-state index is 12.9. The minimum atomic E-state index is -3.60. The van der Waals surface area contributed by atoms with E-state index in [1.807, 2.05) is 0 Å². The number of rotatable bonds is 5. The van der Waals surface area contributed by atoms with E-state index in [-0.39, 0.29) is 29.6 Å². The van der Waals surface area contributed by atoms with Crippen LogP contribution in [0, 0.1) is 5.92 Å². The second-order valence-corrected chi connectivity index (χ2v) is 9.02. The van der Waals surface area contributed by atoms with Crippen LogP contribution in [0.15, 0.2) is 41.8 Å². The fraction of sp³-hybridized carbons (Fsp3) is 0.444. The molecule has 28 heavy (non-hydrogen) atoms. The standard InChI is InChI=1S/C18H21N5O4S/c24-17-5-6-18(25)23(17)15-1-3-16(4-2-15)28(26,27)22-9-7-14(8-10-22)11-21-13-19-12-20-21/h1-4,12-14H,5-11H2. The van der Waals surface area contributed by atoms with Crippen LogP contribution >= 0.6 is 0 Å². The summed E-state index contributed by atoms with van der Waals surface area (Å²) in [6.45, 7) is 1.64. The Morgan fingerprint density at radius 3 is 2.21 bits per heavy atom. The number of sulfonamides is 1. The average molecular weight is 403 g/mol. The van der Waals surface area contributed by atoms with Crippen LogP contribution in [0.1, 0.15) is 25.7 Å². The summed E-state index contributed by atoms with van der Waals surface area (Å²) < 4.78 is 29.1. The van der Waals surface area contributed by atoms with Gasteiger partial charge in [-0.15, -0.1) is 0 Å². The van der Waals surface area contributed by atoms with Gasteiger partial charge in [0.1, 0.15) is 12.7 Å². The number of carbonyl (C=O) groups excluding carboxylic acids is 2. The number of imide groups is 1. The SMILES string of the molecule is O=C1CCC(=O)N1c1ccc(S(=O)(=O)N2CCC(Cn3cncn3)CC2)cc1. The Labute approximate surface area is 163 Å². The lowest BCUT2D eigenvalue weighted by atomic mass is 9.98. The molecule has 2 amide bonds. The topological polar surface area (TPSA) is 105 Å². The molecule has 3 heterocycles. The van der Waals surface area contributed by atoms with Gasteiger partial charge in [-0.05, 0) is 43.0 Å². The molecule has 0 saturated carbocycles. The molecule has 0 atom stereocenters. The summed E-state index contributed by atoms with van der Waals surface area (Å²) in [7, 11) is -3.60. The van der Waals surface area contributed by atoms with E-state index >= 15 is 0 Å². The predicted molar refractivity (Wildman–Crippen MR) is 99.7 cm³/mol. The zero-order valence-corrected chi connectivity index (χ0v) is 16.1. The van der Waals surface area contributed by atoms with Gasteiger partial charge in [-0.2, -0.15) is 9.40 Å². The molecule has 4 rings (SSSR count). The van der Waals surface area contributed by atoms with Gasteiger partial charge in [0, 0.05) is 32.5 Å². The summed E-state index contributed by atoms with van der Waals surface area (Å²) in [4.78, 5) is 28.9. The van der Waals surface area contributed by atoms with E-state index in [0.717, 1.165) is 24.3 Å². The monoisotopic (exact) mass is 403 g/mol. The number of benzene rings is 1. The number of piperidine rings is 1. The minimum absolute atomic E-state index is 0.171. The molecule has 2 aliphatic heterocycles. The molecule has 9 nitrogen and oxygen atoms in total. The zero-order chi connectivity index (χ0) is 19.7. The van der Waals surface area contributed by atoms with Gasteiger partial charge in [-0.25, -0.2) is 13.4 Å². The number of hydrogen-bond donors (Lipinski definition) is 0. The van der Waals surface area contributed by atoms with E-state index in [1.165, 1.54) is 34.9 Å². The van der Waals surface area contributed by atoms with E-state index < -0.39 is 10.0 Å². The second-order valence-electron chi connectivity index (χ2n) is 7.08. The molecule has 10 heteroatoms. The van der Waals surface area contributed by atoms with Crippen molar-refractivity contribution in [2.45, 2.75) is 37.1 Å². The molecule has 2 aromatic rings. The third-order valence-corrected chi connectivity index (χ3v) is 7.18. The van der Waals surface area contributed by atoms with Crippen molar-refractivity contribution in [1.82, 2.24) is 19.1 Å². The minimum Gasteiger partial charge on any atom is -0.274 e. The van der Waals surface area contributed by atoms with E-state index in [1.54, 1.807) is 11.0 Å². The predicted octanol–water partition coefficient (Wildman–Crippen LogP) is 1.03. The lowest BCUT2D eigenvalue weighted by molar-refractivity contribution is -0.121. The number of carbonyl (C=O) groups is 2. The van der Waals surface area contributed by atoms with E-state index in [4.69, 9.17) is 0 Å². The Hall–Kier alpha value is -2.59. The van der Waals surface area contributed by atoms with Gasteiger partial charge in [-0.1, -0.05) is 0 Å². The normalized spacial score (nSPS) is 19.5. The maximum absolute atomic E-state index is 12.9.